The van der Waals surface area contributed by atoms with Crippen LogP contribution in [0.3, 0.4) is 0 Å². The standard InChI is InChI=1S/C17H16O2S/c1-11-5-8-16(15(9-11)17(18)19)20-14-7-6-12-3-2-4-13(12)10-14/h5-10H,2-4H2,1H3,(H,18,19). The fraction of sp³-hybridized carbons (Fsp3) is 0.235. The number of aromatic carboxylic acids is 1. The average Bonchev–Trinajstić information content (AvgIpc) is 2.88. The maximum Gasteiger partial charge on any atom is 0.336 e. The first-order valence-electron chi connectivity index (χ1n) is 6.77. The van der Waals surface area contributed by atoms with E-state index in [4.69, 9.17) is 0 Å². The molecule has 0 bridgehead atoms. The Morgan fingerprint density at radius 1 is 1.10 bits per heavy atom. The number of carboxylic acids is 1. The third-order valence-corrected chi connectivity index (χ3v) is 4.73. The van der Waals surface area contributed by atoms with Crippen LogP contribution in [-0.4, -0.2) is 11.1 Å². The molecule has 0 spiro atoms. The highest BCUT2D eigenvalue weighted by Gasteiger charge is 2.14. The van der Waals surface area contributed by atoms with E-state index >= 15 is 0 Å². The van der Waals surface area contributed by atoms with Gasteiger partial charge in [-0.05, 0) is 61.6 Å². The molecule has 0 heterocycles. The van der Waals surface area contributed by atoms with Crippen molar-refractivity contribution in [1.29, 1.82) is 0 Å². The maximum atomic E-state index is 11.3. The van der Waals surface area contributed by atoms with E-state index in [2.05, 4.69) is 18.2 Å². The largest absolute Gasteiger partial charge is 0.478 e. The second kappa shape index (κ2) is 5.33. The van der Waals surface area contributed by atoms with E-state index in [1.54, 1.807) is 6.07 Å². The molecule has 3 heteroatoms. The van der Waals surface area contributed by atoms with Crippen molar-refractivity contribution in [2.45, 2.75) is 36.0 Å². The summed E-state index contributed by atoms with van der Waals surface area (Å²) < 4.78 is 0. The van der Waals surface area contributed by atoms with E-state index in [1.165, 1.54) is 35.7 Å². The van der Waals surface area contributed by atoms with E-state index in [-0.39, 0.29) is 0 Å². The highest BCUT2D eigenvalue weighted by molar-refractivity contribution is 7.99. The Balaban J connectivity index is 1.93. The van der Waals surface area contributed by atoms with Crippen molar-refractivity contribution in [2.75, 3.05) is 0 Å². The molecule has 1 aliphatic rings. The molecule has 0 saturated heterocycles. The Morgan fingerprint density at radius 3 is 2.70 bits per heavy atom. The predicted molar refractivity (Wildman–Crippen MR) is 80.7 cm³/mol. The second-order valence-corrected chi connectivity index (χ2v) is 6.31. The van der Waals surface area contributed by atoms with Gasteiger partial charge in [0.1, 0.15) is 0 Å². The lowest BCUT2D eigenvalue weighted by Gasteiger charge is -2.08. The topological polar surface area (TPSA) is 37.3 Å². The lowest BCUT2D eigenvalue weighted by atomic mass is 10.1. The quantitative estimate of drug-likeness (QED) is 0.911. The summed E-state index contributed by atoms with van der Waals surface area (Å²) in [6.07, 6.45) is 3.54. The molecule has 1 aliphatic carbocycles. The van der Waals surface area contributed by atoms with Gasteiger partial charge in [-0.2, -0.15) is 0 Å². The van der Waals surface area contributed by atoms with Crippen LogP contribution in [0, 0.1) is 6.92 Å². The number of hydrogen-bond acceptors (Lipinski definition) is 2. The molecule has 0 radical (unpaired) electrons. The van der Waals surface area contributed by atoms with Gasteiger partial charge in [0.2, 0.25) is 0 Å². The molecular formula is C17H16O2S. The number of aryl methyl sites for hydroxylation is 3. The fourth-order valence-corrected chi connectivity index (χ4v) is 3.62. The van der Waals surface area contributed by atoms with E-state index < -0.39 is 5.97 Å². The summed E-state index contributed by atoms with van der Waals surface area (Å²) in [5, 5.41) is 9.31. The van der Waals surface area contributed by atoms with Crippen molar-refractivity contribution in [3.8, 4) is 0 Å². The van der Waals surface area contributed by atoms with Crippen LogP contribution in [-0.2, 0) is 12.8 Å². The monoisotopic (exact) mass is 284 g/mol. The number of carboxylic acid groups (broad SMARTS) is 1. The van der Waals surface area contributed by atoms with Gasteiger partial charge in [-0.25, -0.2) is 4.79 Å². The number of rotatable bonds is 3. The molecular weight excluding hydrogens is 268 g/mol. The molecule has 2 nitrogen and oxygen atoms in total. The van der Waals surface area contributed by atoms with Crippen molar-refractivity contribution >= 4 is 17.7 Å². The fourth-order valence-electron chi connectivity index (χ4n) is 2.64. The third-order valence-electron chi connectivity index (χ3n) is 3.66. The Kier molecular flexibility index (Phi) is 3.53. The maximum absolute atomic E-state index is 11.3. The molecule has 20 heavy (non-hydrogen) atoms. The summed E-state index contributed by atoms with van der Waals surface area (Å²) in [4.78, 5) is 13.3. The molecule has 0 aliphatic heterocycles. The van der Waals surface area contributed by atoms with E-state index in [9.17, 15) is 9.90 Å². The minimum atomic E-state index is -0.864. The Bertz CT molecular complexity index is 677. The minimum Gasteiger partial charge on any atom is -0.478 e. The zero-order valence-electron chi connectivity index (χ0n) is 11.3. The number of benzene rings is 2. The SMILES string of the molecule is Cc1ccc(Sc2ccc3c(c2)CCC3)c(C(=O)O)c1. The summed E-state index contributed by atoms with van der Waals surface area (Å²) in [5.41, 5.74) is 4.21. The van der Waals surface area contributed by atoms with Crippen molar-refractivity contribution in [1.82, 2.24) is 0 Å². The molecule has 0 amide bonds. The first kappa shape index (κ1) is 13.3. The van der Waals surface area contributed by atoms with Crippen molar-refractivity contribution < 1.29 is 9.90 Å². The van der Waals surface area contributed by atoms with E-state index in [0.29, 0.717) is 5.56 Å². The van der Waals surface area contributed by atoms with Crippen LogP contribution in [0.4, 0.5) is 0 Å². The third kappa shape index (κ3) is 2.59. The van der Waals surface area contributed by atoms with Crippen LogP contribution in [0.15, 0.2) is 46.2 Å². The molecule has 3 rings (SSSR count). The van der Waals surface area contributed by atoms with E-state index in [0.717, 1.165) is 21.8 Å². The molecule has 0 atom stereocenters. The number of carbonyl (C=O) groups is 1. The average molecular weight is 284 g/mol. The summed E-state index contributed by atoms with van der Waals surface area (Å²) in [6, 6.07) is 12.1. The van der Waals surface area contributed by atoms with Gasteiger partial charge in [0, 0.05) is 9.79 Å². The van der Waals surface area contributed by atoms with Crippen LogP contribution >= 0.6 is 11.8 Å². The van der Waals surface area contributed by atoms with Gasteiger partial charge >= 0.3 is 5.97 Å². The van der Waals surface area contributed by atoms with Gasteiger partial charge in [-0.15, -0.1) is 0 Å². The van der Waals surface area contributed by atoms with Gasteiger partial charge < -0.3 is 5.11 Å². The van der Waals surface area contributed by atoms with Gasteiger partial charge in [0.25, 0.3) is 0 Å². The zero-order valence-corrected chi connectivity index (χ0v) is 12.2. The van der Waals surface area contributed by atoms with Crippen LogP contribution < -0.4 is 0 Å². The molecule has 2 aromatic carbocycles. The van der Waals surface area contributed by atoms with Crippen LogP contribution in [0.2, 0.25) is 0 Å². The lowest BCUT2D eigenvalue weighted by molar-refractivity contribution is 0.0693. The molecule has 102 valence electrons. The van der Waals surface area contributed by atoms with Crippen molar-refractivity contribution in [2.24, 2.45) is 0 Å². The summed E-state index contributed by atoms with van der Waals surface area (Å²) in [5.74, 6) is -0.864. The van der Waals surface area contributed by atoms with Crippen LogP contribution in [0.5, 0.6) is 0 Å². The molecule has 0 unspecified atom stereocenters. The van der Waals surface area contributed by atoms with Crippen LogP contribution in [0.1, 0.15) is 33.5 Å². The minimum absolute atomic E-state index is 0.385. The number of hydrogen-bond donors (Lipinski definition) is 1. The summed E-state index contributed by atoms with van der Waals surface area (Å²) in [6.45, 7) is 1.91. The van der Waals surface area contributed by atoms with Gasteiger partial charge in [-0.1, -0.05) is 29.5 Å². The number of fused-ring (bicyclic) bond motifs is 1. The smallest absolute Gasteiger partial charge is 0.336 e. The first-order valence-corrected chi connectivity index (χ1v) is 7.59. The van der Waals surface area contributed by atoms with Crippen molar-refractivity contribution in [3.63, 3.8) is 0 Å². The molecule has 0 aromatic heterocycles. The van der Waals surface area contributed by atoms with Gasteiger partial charge in [0.15, 0.2) is 0 Å². The first-order chi connectivity index (χ1) is 9.63. The van der Waals surface area contributed by atoms with Crippen molar-refractivity contribution in [3.05, 3.63) is 58.7 Å². The summed E-state index contributed by atoms with van der Waals surface area (Å²) >= 11 is 1.54. The summed E-state index contributed by atoms with van der Waals surface area (Å²) in [7, 11) is 0. The molecule has 2 aromatic rings. The van der Waals surface area contributed by atoms with Gasteiger partial charge in [0.05, 0.1) is 5.56 Å². The Labute approximate surface area is 122 Å². The van der Waals surface area contributed by atoms with Crippen LogP contribution in [0.25, 0.3) is 0 Å². The Morgan fingerprint density at radius 2 is 1.90 bits per heavy atom. The highest BCUT2D eigenvalue weighted by atomic mass is 32.2. The Hall–Kier alpha value is -1.74. The van der Waals surface area contributed by atoms with Gasteiger partial charge in [-0.3, -0.25) is 0 Å². The lowest BCUT2D eigenvalue weighted by Crippen LogP contribution is -1.99. The molecule has 0 fully saturated rings. The zero-order chi connectivity index (χ0) is 14.1. The molecule has 1 N–H and O–H groups in total. The van der Waals surface area contributed by atoms with E-state index in [1.807, 2.05) is 19.1 Å². The molecule has 0 saturated carbocycles. The predicted octanol–water partition coefficient (Wildman–Crippen LogP) is 4.33. The highest BCUT2D eigenvalue weighted by Crippen LogP contribution is 2.34. The normalized spacial score (nSPS) is 13.2. The second-order valence-electron chi connectivity index (χ2n) is 5.19.